The van der Waals surface area contributed by atoms with E-state index in [1.165, 1.54) is 12.1 Å². The number of sulfonamides is 1. The van der Waals surface area contributed by atoms with Crippen molar-refractivity contribution in [3.63, 3.8) is 0 Å². The number of ether oxygens (including phenoxy) is 2. The molecule has 2 saturated heterocycles. The molecule has 0 bridgehead atoms. The van der Waals surface area contributed by atoms with Crippen molar-refractivity contribution >= 4 is 21.6 Å². The van der Waals surface area contributed by atoms with Gasteiger partial charge in [0.05, 0.1) is 30.3 Å². The molecule has 6 rings (SSSR count). The van der Waals surface area contributed by atoms with Crippen LogP contribution in [-0.4, -0.2) is 67.3 Å². The molecule has 0 aromatic heterocycles. The number of amides is 1. The molecule has 1 amide bonds. The molecule has 10 nitrogen and oxygen atoms in total. The predicted octanol–water partition coefficient (Wildman–Crippen LogP) is 5.26. The van der Waals surface area contributed by atoms with Gasteiger partial charge >= 0.3 is 0 Å². The van der Waals surface area contributed by atoms with E-state index in [-0.39, 0.29) is 48.7 Å². The van der Waals surface area contributed by atoms with Crippen LogP contribution in [0, 0.1) is 12.8 Å². The molecule has 2 aliphatic rings. The first-order valence-electron chi connectivity index (χ1n) is 17.5. The Kier molecular flexibility index (Phi) is 12.0. The molecule has 11 heteroatoms. The van der Waals surface area contributed by atoms with Gasteiger partial charge < -0.3 is 25.0 Å². The van der Waals surface area contributed by atoms with Gasteiger partial charge in [-0.25, -0.2) is 8.42 Å². The molecule has 2 aliphatic heterocycles. The van der Waals surface area contributed by atoms with Gasteiger partial charge in [0.2, 0.25) is 15.9 Å². The number of hydrogen-bond acceptors (Lipinski definition) is 8. The fourth-order valence-electron chi connectivity index (χ4n) is 6.90. The molecule has 2 fully saturated rings. The minimum atomic E-state index is -4.01. The summed E-state index contributed by atoms with van der Waals surface area (Å²) in [6.45, 7) is 5.56. The van der Waals surface area contributed by atoms with Gasteiger partial charge in [-0.2, -0.15) is 4.72 Å². The van der Waals surface area contributed by atoms with Gasteiger partial charge in [-0.1, -0.05) is 91.3 Å². The molecule has 4 aromatic rings. The van der Waals surface area contributed by atoms with Gasteiger partial charge in [0.15, 0.2) is 6.29 Å². The van der Waals surface area contributed by atoms with Crippen molar-refractivity contribution in [2.45, 2.75) is 75.2 Å². The number of nitrogens with one attached hydrogen (secondary N) is 2. The molecule has 4 N–H and O–H groups in total. The van der Waals surface area contributed by atoms with Crippen molar-refractivity contribution in [3.8, 4) is 0 Å². The molecule has 4 aromatic carbocycles. The summed E-state index contributed by atoms with van der Waals surface area (Å²) in [5.74, 6) is -0.529. The van der Waals surface area contributed by atoms with Crippen molar-refractivity contribution < 1.29 is 32.9 Å². The molecule has 270 valence electrons. The molecule has 0 spiro atoms. The fraction of sp³-hybridized carbons (Fsp3) is 0.375. The first kappa shape index (κ1) is 36.8. The summed E-state index contributed by atoms with van der Waals surface area (Å²) in [6, 6.07) is 29.7. The van der Waals surface area contributed by atoms with Crippen molar-refractivity contribution in [1.82, 2.24) is 9.62 Å². The zero-order valence-electron chi connectivity index (χ0n) is 29.0. The lowest BCUT2D eigenvalue weighted by molar-refractivity contribution is -0.276. The Balaban J connectivity index is 1.24. The second-order valence-electron chi connectivity index (χ2n) is 13.6. The summed E-state index contributed by atoms with van der Waals surface area (Å²) < 4.78 is 42.8. The number of carbonyl (C=O) groups excluding carboxylic acids is 1. The molecule has 6 atom stereocenters. The Morgan fingerprint density at radius 1 is 0.902 bits per heavy atom. The number of rotatable bonds is 13. The molecular formula is C40H47N3O7S. The lowest BCUT2D eigenvalue weighted by Crippen LogP contribution is -2.46. The largest absolute Gasteiger partial charge is 0.395 e. The molecule has 2 heterocycles. The highest BCUT2D eigenvalue weighted by Crippen LogP contribution is 2.42. The van der Waals surface area contributed by atoms with Crippen molar-refractivity contribution in [2.24, 2.45) is 5.92 Å². The minimum absolute atomic E-state index is 0.0237. The number of anilines is 1. The quantitative estimate of drug-likeness (QED) is 0.147. The minimum Gasteiger partial charge on any atom is -0.395 e. The predicted molar refractivity (Wildman–Crippen MR) is 195 cm³/mol. The monoisotopic (exact) mass is 713 g/mol. The third-order valence-electron chi connectivity index (χ3n) is 9.90. The second-order valence-corrected chi connectivity index (χ2v) is 15.3. The van der Waals surface area contributed by atoms with E-state index in [9.17, 15) is 23.4 Å². The van der Waals surface area contributed by atoms with Crippen LogP contribution in [0.2, 0.25) is 0 Å². The SMILES string of the molecule is Cc1ccc(S(=O)(=O)N[C@H](Cc2ccccc2)C(=O)Nc2cccc([C@H]3O[C@@H](CN4CCC[C@H]4CO)[C@@H](C)[C@@H](c4ccc(CO)cc4)O3)c2)cc1. The number of hydrogen-bond donors (Lipinski definition) is 4. The molecule has 0 radical (unpaired) electrons. The average Bonchev–Trinajstić information content (AvgIpc) is 3.60. The summed E-state index contributed by atoms with van der Waals surface area (Å²) in [4.78, 5) is 16.2. The number of aryl methyl sites for hydroxylation is 1. The number of carbonyl (C=O) groups is 1. The van der Waals surface area contributed by atoms with E-state index >= 15 is 0 Å². The van der Waals surface area contributed by atoms with Crippen LogP contribution in [0.15, 0.2) is 108 Å². The smallest absolute Gasteiger partial charge is 0.242 e. The highest BCUT2D eigenvalue weighted by atomic mass is 32.2. The van der Waals surface area contributed by atoms with Crippen LogP contribution in [-0.2, 0) is 37.3 Å². The van der Waals surface area contributed by atoms with E-state index in [1.54, 1.807) is 30.3 Å². The van der Waals surface area contributed by atoms with Crippen molar-refractivity contribution in [1.29, 1.82) is 0 Å². The number of nitrogens with zero attached hydrogens (tertiary/aromatic N) is 1. The summed E-state index contributed by atoms with van der Waals surface area (Å²) in [5.41, 5.74) is 4.67. The summed E-state index contributed by atoms with van der Waals surface area (Å²) in [6.07, 6.45) is 0.809. The van der Waals surface area contributed by atoms with Crippen LogP contribution in [0.5, 0.6) is 0 Å². The second kappa shape index (κ2) is 16.6. The van der Waals surface area contributed by atoms with E-state index in [0.717, 1.165) is 41.6 Å². The third-order valence-corrected chi connectivity index (χ3v) is 11.4. The number of likely N-dealkylation sites (tertiary alicyclic amines) is 1. The Morgan fingerprint density at radius 3 is 2.35 bits per heavy atom. The first-order valence-corrected chi connectivity index (χ1v) is 19.0. The fourth-order valence-corrected chi connectivity index (χ4v) is 8.10. The molecule has 51 heavy (non-hydrogen) atoms. The van der Waals surface area contributed by atoms with Crippen LogP contribution < -0.4 is 10.0 Å². The van der Waals surface area contributed by atoms with E-state index in [2.05, 4.69) is 21.9 Å². The standard InChI is InChI=1S/C40H47N3O7S/c1-27-13-19-35(20-14-27)51(47,48)42-36(22-29-8-4-3-5-9-29)39(46)41-33-11-6-10-32(23-33)40-49-37(24-43-21-7-12-34(43)26-45)28(2)38(50-40)31-17-15-30(25-44)16-18-31/h3-6,8-11,13-20,23,28,34,36-38,40,42,44-45H,7,12,21-22,24-26H2,1-2H3,(H,41,46)/t28-,34+,36-,37+,38+,40+/m1/s1. The topological polar surface area (TPSA) is 137 Å². The van der Waals surface area contributed by atoms with Crippen LogP contribution in [0.25, 0.3) is 0 Å². The van der Waals surface area contributed by atoms with Crippen LogP contribution in [0.4, 0.5) is 5.69 Å². The molecule has 0 saturated carbocycles. The normalized spacial score (nSPS) is 23.2. The maximum atomic E-state index is 13.9. The number of aliphatic hydroxyl groups is 2. The zero-order valence-corrected chi connectivity index (χ0v) is 29.8. The zero-order chi connectivity index (χ0) is 36.0. The highest BCUT2D eigenvalue weighted by Gasteiger charge is 2.40. The van der Waals surface area contributed by atoms with Crippen molar-refractivity contribution in [3.05, 3.63) is 131 Å². The molecular weight excluding hydrogens is 667 g/mol. The molecule has 0 unspecified atom stereocenters. The van der Waals surface area contributed by atoms with Gasteiger partial charge in [0, 0.05) is 29.8 Å². The number of benzene rings is 4. The maximum Gasteiger partial charge on any atom is 0.242 e. The van der Waals surface area contributed by atoms with Crippen molar-refractivity contribution in [2.75, 3.05) is 25.0 Å². The highest BCUT2D eigenvalue weighted by molar-refractivity contribution is 7.89. The Bertz CT molecular complexity index is 1860. The third kappa shape index (κ3) is 9.11. The van der Waals surface area contributed by atoms with Gasteiger partial charge in [-0.3, -0.25) is 9.69 Å². The summed E-state index contributed by atoms with van der Waals surface area (Å²) in [5, 5.41) is 22.5. The lowest BCUT2D eigenvalue weighted by atomic mass is 9.90. The van der Waals surface area contributed by atoms with Crippen LogP contribution in [0.3, 0.4) is 0 Å². The first-order chi connectivity index (χ1) is 24.6. The Labute approximate surface area is 300 Å². The van der Waals surface area contributed by atoms with Gasteiger partial charge in [0.25, 0.3) is 0 Å². The summed E-state index contributed by atoms with van der Waals surface area (Å²) in [7, 11) is -4.01. The average molecular weight is 714 g/mol. The lowest BCUT2D eigenvalue weighted by Gasteiger charge is -2.43. The Morgan fingerprint density at radius 2 is 1.65 bits per heavy atom. The van der Waals surface area contributed by atoms with Crippen LogP contribution in [0.1, 0.15) is 60.0 Å². The molecule has 0 aliphatic carbocycles. The Hall–Kier alpha value is -3.94. The van der Waals surface area contributed by atoms with Crippen LogP contribution >= 0.6 is 0 Å². The number of aliphatic hydroxyl groups excluding tert-OH is 2. The van der Waals surface area contributed by atoms with E-state index in [0.29, 0.717) is 17.8 Å². The van der Waals surface area contributed by atoms with Gasteiger partial charge in [0.1, 0.15) is 6.04 Å². The summed E-state index contributed by atoms with van der Waals surface area (Å²) >= 11 is 0. The van der Waals surface area contributed by atoms with Gasteiger partial charge in [-0.05, 0) is 73.7 Å². The van der Waals surface area contributed by atoms with E-state index < -0.39 is 28.3 Å². The van der Waals surface area contributed by atoms with E-state index in [1.807, 2.05) is 67.6 Å². The van der Waals surface area contributed by atoms with E-state index in [4.69, 9.17) is 9.47 Å². The van der Waals surface area contributed by atoms with Gasteiger partial charge in [-0.15, -0.1) is 0 Å². The maximum absolute atomic E-state index is 13.9.